The molecule has 1 amide bonds. The number of rotatable bonds is 5. The predicted octanol–water partition coefficient (Wildman–Crippen LogP) is 1.51. The standard InChI is InChI=1S/C11H12BrN3O2/c1-17-10-3-2-8(12)6-9(10)15-7-11(16)14-5-4-13/h2-3,6,15H,5,7H2,1H3,(H,14,16). The number of benzene rings is 1. The molecule has 0 heterocycles. The summed E-state index contributed by atoms with van der Waals surface area (Å²) in [5.74, 6) is 0.412. The number of nitriles is 1. The number of carbonyl (C=O) groups excluding carboxylic acids is 1. The number of ether oxygens (including phenoxy) is 1. The zero-order valence-electron chi connectivity index (χ0n) is 9.29. The Labute approximate surface area is 108 Å². The van der Waals surface area contributed by atoms with Gasteiger partial charge < -0.3 is 15.4 Å². The molecule has 0 bridgehead atoms. The molecule has 90 valence electrons. The van der Waals surface area contributed by atoms with Crippen molar-refractivity contribution < 1.29 is 9.53 Å². The number of hydrogen-bond acceptors (Lipinski definition) is 4. The van der Waals surface area contributed by atoms with Crippen molar-refractivity contribution in [2.45, 2.75) is 0 Å². The molecule has 0 spiro atoms. The molecule has 0 fully saturated rings. The van der Waals surface area contributed by atoms with E-state index in [-0.39, 0.29) is 19.0 Å². The highest BCUT2D eigenvalue weighted by Crippen LogP contribution is 2.27. The van der Waals surface area contributed by atoms with Crippen LogP contribution in [0.3, 0.4) is 0 Å². The third-order valence-corrected chi connectivity index (χ3v) is 2.46. The highest BCUT2D eigenvalue weighted by molar-refractivity contribution is 9.10. The topological polar surface area (TPSA) is 74.2 Å². The molecule has 0 aliphatic heterocycles. The Morgan fingerprint density at radius 3 is 3.00 bits per heavy atom. The fourth-order valence-corrected chi connectivity index (χ4v) is 1.56. The van der Waals surface area contributed by atoms with Crippen molar-refractivity contribution in [2.24, 2.45) is 0 Å². The third-order valence-electron chi connectivity index (χ3n) is 1.97. The van der Waals surface area contributed by atoms with Crippen LogP contribution in [0.1, 0.15) is 0 Å². The first-order chi connectivity index (χ1) is 8.17. The molecule has 0 aliphatic rings. The van der Waals surface area contributed by atoms with Gasteiger partial charge in [-0.2, -0.15) is 5.26 Å². The van der Waals surface area contributed by atoms with Crippen molar-refractivity contribution in [1.82, 2.24) is 5.32 Å². The fourth-order valence-electron chi connectivity index (χ4n) is 1.19. The van der Waals surface area contributed by atoms with Crippen LogP contribution >= 0.6 is 15.9 Å². The number of halogens is 1. The second-order valence-electron chi connectivity index (χ2n) is 3.13. The second-order valence-corrected chi connectivity index (χ2v) is 4.05. The lowest BCUT2D eigenvalue weighted by molar-refractivity contribution is -0.119. The maximum absolute atomic E-state index is 11.3. The Hall–Kier alpha value is -1.74. The number of methoxy groups -OCH3 is 1. The molecule has 17 heavy (non-hydrogen) atoms. The van der Waals surface area contributed by atoms with Crippen LogP contribution in [0.5, 0.6) is 5.75 Å². The SMILES string of the molecule is COc1ccc(Br)cc1NCC(=O)NCC#N. The minimum atomic E-state index is -0.242. The van der Waals surface area contributed by atoms with Crippen LogP contribution in [0.25, 0.3) is 0 Å². The number of carbonyl (C=O) groups is 1. The molecule has 0 aromatic heterocycles. The third kappa shape index (κ3) is 4.33. The molecule has 6 heteroatoms. The highest BCUT2D eigenvalue weighted by Gasteiger charge is 2.05. The van der Waals surface area contributed by atoms with E-state index in [0.717, 1.165) is 4.47 Å². The maximum Gasteiger partial charge on any atom is 0.240 e. The van der Waals surface area contributed by atoms with Crippen LogP contribution in [-0.4, -0.2) is 26.1 Å². The Bertz CT molecular complexity index is 443. The summed E-state index contributed by atoms with van der Waals surface area (Å²) >= 11 is 3.34. The first-order valence-corrected chi connectivity index (χ1v) is 5.67. The molecule has 2 N–H and O–H groups in total. The Morgan fingerprint density at radius 2 is 2.35 bits per heavy atom. The van der Waals surface area contributed by atoms with Crippen molar-refractivity contribution in [2.75, 3.05) is 25.5 Å². The monoisotopic (exact) mass is 297 g/mol. The van der Waals surface area contributed by atoms with Gasteiger partial charge in [0.2, 0.25) is 5.91 Å². The summed E-state index contributed by atoms with van der Waals surface area (Å²) in [6, 6.07) is 7.29. The molecule has 0 saturated carbocycles. The normalized spacial score (nSPS) is 9.24. The molecule has 0 atom stereocenters. The molecule has 0 aliphatic carbocycles. The molecular weight excluding hydrogens is 286 g/mol. The first kappa shape index (κ1) is 13.3. The van der Waals surface area contributed by atoms with Crippen molar-refractivity contribution in [3.63, 3.8) is 0 Å². The van der Waals surface area contributed by atoms with Gasteiger partial charge >= 0.3 is 0 Å². The van der Waals surface area contributed by atoms with Gasteiger partial charge in [-0.25, -0.2) is 0 Å². The van der Waals surface area contributed by atoms with Crippen LogP contribution in [0.4, 0.5) is 5.69 Å². The Balaban J connectivity index is 2.59. The average molecular weight is 298 g/mol. The molecule has 0 unspecified atom stereocenters. The second kappa shape index (κ2) is 6.76. The van der Waals surface area contributed by atoms with Crippen LogP contribution in [-0.2, 0) is 4.79 Å². The molecule has 1 aromatic rings. The van der Waals surface area contributed by atoms with Crippen molar-refractivity contribution >= 4 is 27.5 Å². The van der Waals surface area contributed by atoms with Gasteiger partial charge in [-0.1, -0.05) is 15.9 Å². The summed E-state index contributed by atoms with van der Waals surface area (Å²) in [7, 11) is 1.56. The van der Waals surface area contributed by atoms with Gasteiger partial charge in [0.15, 0.2) is 0 Å². The van der Waals surface area contributed by atoms with E-state index in [2.05, 4.69) is 26.6 Å². The van der Waals surface area contributed by atoms with Crippen LogP contribution in [0.2, 0.25) is 0 Å². The van der Waals surface area contributed by atoms with Crippen molar-refractivity contribution in [1.29, 1.82) is 5.26 Å². The quantitative estimate of drug-likeness (QED) is 0.808. The fraction of sp³-hybridized carbons (Fsp3) is 0.273. The zero-order valence-corrected chi connectivity index (χ0v) is 10.9. The van der Waals surface area contributed by atoms with E-state index in [4.69, 9.17) is 10.00 Å². The summed E-state index contributed by atoms with van der Waals surface area (Å²) in [5, 5.41) is 13.7. The molecular formula is C11H12BrN3O2. The van der Waals surface area contributed by atoms with Crippen molar-refractivity contribution in [3.05, 3.63) is 22.7 Å². The van der Waals surface area contributed by atoms with E-state index in [0.29, 0.717) is 11.4 Å². The van der Waals surface area contributed by atoms with Crippen LogP contribution < -0.4 is 15.4 Å². The van der Waals surface area contributed by atoms with Gasteiger partial charge in [0.25, 0.3) is 0 Å². The zero-order chi connectivity index (χ0) is 12.7. The van der Waals surface area contributed by atoms with Crippen LogP contribution in [0, 0.1) is 11.3 Å². The number of hydrogen-bond donors (Lipinski definition) is 2. The largest absolute Gasteiger partial charge is 0.495 e. The van der Waals surface area contributed by atoms with E-state index < -0.39 is 0 Å². The van der Waals surface area contributed by atoms with Gasteiger partial charge in [-0.15, -0.1) is 0 Å². The summed E-state index contributed by atoms with van der Waals surface area (Å²) in [4.78, 5) is 11.3. The van der Waals surface area contributed by atoms with Gasteiger partial charge in [0.05, 0.1) is 25.4 Å². The van der Waals surface area contributed by atoms with Gasteiger partial charge in [-0.3, -0.25) is 4.79 Å². The number of anilines is 1. The number of nitrogens with one attached hydrogen (secondary N) is 2. The maximum atomic E-state index is 11.3. The average Bonchev–Trinajstić information content (AvgIpc) is 2.34. The molecule has 1 aromatic carbocycles. The molecule has 0 saturated heterocycles. The predicted molar refractivity (Wildman–Crippen MR) is 67.8 cm³/mol. The number of amides is 1. The summed E-state index contributed by atoms with van der Waals surface area (Å²) in [6.07, 6.45) is 0. The summed E-state index contributed by atoms with van der Waals surface area (Å²) in [6.45, 7) is 0.102. The lowest BCUT2D eigenvalue weighted by Gasteiger charge is -2.11. The van der Waals surface area contributed by atoms with Crippen LogP contribution in [0.15, 0.2) is 22.7 Å². The molecule has 0 radical (unpaired) electrons. The van der Waals surface area contributed by atoms with E-state index in [1.54, 1.807) is 13.2 Å². The Morgan fingerprint density at radius 1 is 1.59 bits per heavy atom. The van der Waals surface area contributed by atoms with E-state index >= 15 is 0 Å². The first-order valence-electron chi connectivity index (χ1n) is 4.88. The van der Waals surface area contributed by atoms with Crippen molar-refractivity contribution in [3.8, 4) is 11.8 Å². The van der Waals surface area contributed by atoms with E-state index in [1.165, 1.54) is 0 Å². The highest BCUT2D eigenvalue weighted by atomic mass is 79.9. The lowest BCUT2D eigenvalue weighted by Crippen LogP contribution is -2.30. The smallest absolute Gasteiger partial charge is 0.240 e. The molecule has 5 nitrogen and oxygen atoms in total. The minimum Gasteiger partial charge on any atom is -0.495 e. The van der Waals surface area contributed by atoms with Gasteiger partial charge in [0.1, 0.15) is 12.3 Å². The van der Waals surface area contributed by atoms with Gasteiger partial charge in [0, 0.05) is 4.47 Å². The summed E-state index contributed by atoms with van der Waals surface area (Å²) < 4.78 is 6.03. The molecule has 1 rings (SSSR count). The summed E-state index contributed by atoms with van der Waals surface area (Å²) in [5.41, 5.74) is 0.717. The number of nitrogens with zero attached hydrogens (tertiary/aromatic N) is 1. The Kier molecular flexibility index (Phi) is 5.30. The van der Waals surface area contributed by atoms with E-state index in [9.17, 15) is 4.79 Å². The van der Waals surface area contributed by atoms with Gasteiger partial charge in [-0.05, 0) is 18.2 Å². The van der Waals surface area contributed by atoms with E-state index in [1.807, 2.05) is 18.2 Å². The minimum absolute atomic E-state index is 0.0101. The lowest BCUT2D eigenvalue weighted by atomic mass is 10.3.